The van der Waals surface area contributed by atoms with Crippen LogP contribution in [0.5, 0.6) is 0 Å². The average Bonchev–Trinajstić information content (AvgIpc) is 2.47. The summed E-state index contributed by atoms with van der Waals surface area (Å²) in [5.41, 5.74) is 0.544. The molecule has 0 spiro atoms. The molecule has 0 atom stereocenters. The number of hydrogen-bond acceptors (Lipinski definition) is 3. The Hall–Kier alpha value is -1.04. The molecule has 0 radical (unpaired) electrons. The summed E-state index contributed by atoms with van der Waals surface area (Å²) in [6.45, 7) is 0. The number of benzene rings is 2. The molecule has 0 saturated carbocycles. The second kappa shape index (κ2) is 6.11. The lowest BCUT2D eigenvalue weighted by Gasteiger charge is -2.09. The Kier molecular flexibility index (Phi) is 4.47. The van der Waals surface area contributed by atoms with Crippen molar-refractivity contribution in [3.63, 3.8) is 0 Å². The first-order valence-corrected chi connectivity index (χ1v) is 9.23. The highest BCUT2D eigenvalue weighted by atomic mass is 35.5. The van der Waals surface area contributed by atoms with Gasteiger partial charge < -0.3 is 0 Å². The standard InChI is InChI=1S/C15H7Cl4NO2S/c16-8-1-2-13-12(6-8)15(19)14(7-20-13)23(21,22)11-4-9(17)3-10(18)5-11/h1-7H. The van der Waals surface area contributed by atoms with Crippen LogP contribution in [0.3, 0.4) is 0 Å². The van der Waals surface area contributed by atoms with Gasteiger partial charge in [0.25, 0.3) is 0 Å². The third-order valence-electron chi connectivity index (χ3n) is 3.17. The Morgan fingerprint density at radius 3 is 2.13 bits per heavy atom. The van der Waals surface area contributed by atoms with E-state index in [-0.39, 0.29) is 24.9 Å². The van der Waals surface area contributed by atoms with E-state index in [0.717, 1.165) is 0 Å². The van der Waals surface area contributed by atoms with E-state index in [1.54, 1.807) is 18.2 Å². The summed E-state index contributed by atoms with van der Waals surface area (Å²) < 4.78 is 25.6. The monoisotopic (exact) mass is 405 g/mol. The van der Waals surface area contributed by atoms with E-state index in [9.17, 15) is 8.42 Å². The van der Waals surface area contributed by atoms with Gasteiger partial charge in [0.05, 0.1) is 15.4 Å². The molecule has 3 nitrogen and oxygen atoms in total. The second-order valence-electron chi connectivity index (χ2n) is 4.71. The highest BCUT2D eigenvalue weighted by Crippen LogP contribution is 2.35. The fraction of sp³-hybridized carbons (Fsp3) is 0. The lowest BCUT2D eigenvalue weighted by Crippen LogP contribution is -2.04. The molecule has 2 aromatic carbocycles. The smallest absolute Gasteiger partial charge is 0.209 e. The zero-order chi connectivity index (χ0) is 16.8. The van der Waals surface area contributed by atoms with Crippen molar-refractivity contribution in [1.82, 2.24) is 4.98 Å². The molecule has 8 heteroatoms. The molecule has 3 aromatic rings. The summed E-state index contributed by atoms with van der Waals surface area (Å²) in [7, 11) is -3.93. The van der Waals surface area contributed by atoms with Gasteiger partial charge in [0.1, 0.15) is 4.90 Å². The van der Waals surface area contributed by atoms with Gasteiger partial charge in [-0.1, -0.05) is 46.4 Å². The highest BCUT2D eigenvalue weighted by Gasteiger charge is 2.24. The molecule has 0 fully saturated rings. The number of halogens is 4. The van der Waals surface area contributed by atoms with Gasteiger partial charge in [-0.25, -0.2) is 8.42 Å². The van der Waals surface area contributed by atoms with Crippen LogP contribution in [0, 0.1) is 0 Å². The maximum atomic E-state index is 12.8. The number of rotatable bonds is 2. The van der Waals surface area contributed by atoms with Gasteiger partial charge in [0, 0.05) is 26.7 Å². The van der Waals surface area contributed by atoms with Crippen LogP contribution in [-0.4, -0.2) is 13.4 Å². The van der Waals surface area contributed by atoms with Crippen molar-refractivity contribution >= 4 is 67.1 Å². The number of aromatic nitrogens is 1. The maximum Gasteiger partial charge on any atom is 0.209 e. The Bertz CT molecular complexity index is 1010. The lowest BCUT2D eigenvalue weighted by molar-refractivity contribution is 0.596. The van der Waals surface area contributed by atoms with Crippen LogP contribution in [0.15, 0.2) is 52.4 Å². The number of fused-ring (bicyclic) bond motifs is 1. The summed E-state index contributed by atoms with van der Waals surface area (Å²) >= 11 is 24.0. The second-order valence-corrected chi connectivity index (χ2v) is 8.31. The highest BCUT2D eigenvalue weighted by molar-refractivity contribution is 7.91. The summed E-state index contributed by atoms with van der Waals surface area (Å²) in [6.07, 6.45) is 1.21. The maximum absolute atomic E-state index is 12.8. The molecule has 3 rings (SSSR count). The van der Waals surface area contributed by atoms with Gasteiger partial charge in [0.2, 0.25) is 9.84 Å². The summed E-state index contributed by atoms with van der Waals surface area (Å²) in [4.78, 5) is 3.94. The van der Waals surface area contributed by atoms with Gasteiger partial charge >= 0.3 is 0 Å². The molecule has 118 valence electrons. The summed E-state index contributed by atoms with van der Waals surface area (Å²) in [6, 6.07) is 8.94. The summed E-state index contributed by atoms with van der Waals surface area (Å²) in [5.74, 6) is 0. The van der Waals surface area contributed by atoms with Crippen LogP contribution in [0.4, 0.5) is 0 Å². The Labute approximate surface area is 152 Å². The van der Waals surface area contributed by atoms with E-state index in [2.05, 4.69) is 4.98 Å². The molecule has 0 aliphatic carbocycles. The number of hydrogen-bond donors (Lipinski definition) is 0. The zero-order valence-corrected chi connectivity index (χ0v) is 15.1. The molecule has 23 heavy (non-hydrogen) atoms. The van der Waals surface area contributed by atoms with E-state index < -0.39 is 9.84 Å². The van der Waals surface area contributed by atoms with E-state index >= 15 is 0 Å². The molecular weight excluding hydrogens is 400 g/mol. The van der Waals surface area contributed by atoms with Crippen molar-refractivity contribution in [3.05, 3.63) is 62.7 Å². The van der Waals surface area contributed by atoms with Crippen molar-refractivity contribution < 1.29 is 8.42 Å². The van der Waals surface area contributed by atoms with Crippen LogP contribution in [0.2, 0.25) is 20.1 Å². The Morgan fingerprint density at radius 2 is 1.48 bits per heavy atom. The predicted molar refractivity (Wildman–Crippen MR) is 93.7 cm³/mol. The number of sulfone groups is 1. The first-order chi connectivity index (χ1) is 10.8. The third-order valence-corrected chi connectivity index (χ3v) is 6.10. The van der Waals surface area contributed by atoms with Gasteiger partial charge in [-0.15, -0.1) is 0 Å². The largest absolute Gasteiger partial charge is 0.255 e. The van der Waals surface area contributed by atoms with Gasteiger partial charge in [-0.2, -0.15) is 0 Å². The minimum Gasteiger partial charge on any atom is -0.255 e. The quantitative estimate of drug-likeness (QED) is 0.549. The number of pyridine rings is 1. The van der Waals surface area contributed by atoms with Crippen LogP contribution in [0.25, 0.3) is 10.9 Å². The molecule has 1 heterocycles. The number of nitrogens with zero attached hydrogens (tertiary/aromatic N) is 1. The molecule has 0 aliphatic rings. The summed E-state index contributed by atoms with van der Waals surface area (Å²) in [5, 5.41) is 1.36. The molecule has 0 amide bonds. The van der Waals surface area contributed by atoms with Crippen LogP contribution >= 0.6 is 46.4 Å². The van der Waals surface area contributed by atoms with E-state index in [1.165, 1.54) is 24.4 Å². The Balaban J connectivity index is 2.28. The van der Waals surface area contributed by atoms with Crippen LogP contribution in [0.1, 0.15) is 0 Å². The first-order valence-electron chi connectivity index (χ1n) is 6.24. The molecule has 0 N–H and O–H groups in total. The topological polar surface area (TPSA) is 47.0 Å². The molecule has 0 unspecified atom stereocenters. The minimum atomic E-state index is -3.93. The SMILES string of the molecule is O=S(=O)(c1cc(Cl)cc(Cl)c1)c1cnc2ccc(Cl)cc2c1Cl. The van der Waals surface area contributed by atoms with Gasteiger partial charge in [-0.05, 0) is 36.4 Å². The van der Waals surface area contributed by atoms with Crippen molar-refractivity contribution in [2.45, 2.75) is 9.79 Å². The van der Waals surface area contributed by atoms with Crippen molar-refractivity contribution in [3.8, 4) is 0 Å². The van der Waals surface area contributed by atoms with Crippen molar-refractivity contribution in [2.24, 2.45) is 0 Å². The fourth-order valence-corrected chi connectivity index (χ4v) is 4.80. The van der Waals surface area contributed by atoms with Gasteiger partial charge in [-0.3, -0.25) is 4.98 Å². The Morgan fingerprint density at radius 1 is 0.826 bits per heavy atom. The third kappa shape index (κ3) is 3.14. The van der Waals surface area contributed by atoms with E-state index in [4.69, 9.17) is 46.4 Å². The van der Waals surface area contributed by atoms with Crippen molar-refractivity contribution in [1.29, 1.82) is 0 Å². The molecule has 1 aromatic heterocycles. The van der Waals surface area contributed by atoms with Gasteiger partial charge in [0.15, 0.2) is 0 Å². The molecule has 0 saturated heterocycles. The van der Waals surface area contributed by atoms with E-state index in [0.29, 0.717) is 15.9 Å². The van der Waals surface area contributed by atoms with Crippen molar-refractivity contribution in [2.75, 3.05) is 0 Å². The minimum absolute atomic E-state index is 0.0496. The average molecular weight is 407 g/mol. The molecule has 0 aliphatic heterocycles. The van der Waals surface area contributed by atoms with Crippen LogP contribution in [-0.2, 0) is 9.84 Å². The predicted octanol–water partition coefficient (Wildman–Crippen LogP) is 5.68. The molecule has 0 bridgehead atoms. The van der Waals surface area contributed by atoms with Crippen LogP contribution < -0.4 is 0 Å². The normalized spacial score (nSPS) is 11.8. The fourth-order valence-electron chi connectivity index (χ4n) is 2.11. The molecular formula is C15H7Cl4NO2S. The first kappa shape index (κ1) is 16.8. The lowest BCUT2D eigenvalue weighted by atomic mass is 10.2. The van der Waals surface area contributed by atoms with E-state index in [1.807, 2.05) is 0 Å². The zero-order valence-electron chi connectivity index (χ0n) is 11.2.